The van der Waals surface area contributed by atoms with Gasteiger partial charge >= 0.3 is 0 Å². The SMILES string of the molecule is Cc1cc(NC(=O)CSc2ccc(N)cc2Cl)no1. The number of benzene rings is 1. The number of hydrogen-bond acceptors (Lipinski definition) is 5. The molecule has 0 saturated heterocycles. The number of aryl methyl sites for hydroxylation is 1. The van der Waals surface area contributed by atoms with Gasteiger partial charge in [0.2, 0.25) is 5.91 Å². The van der Waals surface area contributed by atoms with Gasteiger partial charge < -0.3 is 15.6 Å². The highest BCUT2D eigenvalue weighted by atomic mass is 35.5. The Labute approximate surface area is 119 Å². The Morgan fingerprint density at radius 1 is 1.53 bits per heavy atom. The first kappa shape index (κ1) is 13.8. The zero-order valence-corrected chi connectivity index (χ0v) is 11.7. The van der Waals surface area contributed by atoms with Crippen LogP contribution in [0.1, 0.15) is 5.76 Å². The van der Waals surface area contributed by atoms with E-state index in [1.165, 1.54) is 11.8 Å². The van der Waals surface area contributed by atoms with Gasteiger partial charge in [-0.1, -0.05) is 16.8 Å². The maximum absolute atomic E-state index is 11.7. The number of nitrogens with two attached hydrogens (primary N) is 1. The Bertz CT molecular complexity index is 600. The Kier molecular flexibility index (Phi) is 4.34. The Morgan fingerprint density at radius 3 is 2.95 bits per heavy atom. The molecule has 0 aliphatic rings. The molecule has 2 aromatic rings. The van der Waals surface area contributed by atoms with Crippen molar-refractivity contribution < 1.29 is 9.32 Å². The van der Waals surface area contributed by atoms with Gasteiger partial charge in [0, 0.05) is 16.6 Å². The van der Waals surface area contributed by atoms with Crippen LogP contribution in [0.15, 0.2) is 33.7 Å². The average Bonchev–Trinajstić information content (AvgIpc) is 2.73. The summed E-state index contributed by atoms with van der Waals surface area (Å²) in [5.41, 5.74) is 6.19. The molecule has 1 aromatic carbocycles. The van der Waals surface area contributed by atoms with Gasteiger partial charge in [-0.05, 0) is 25.1 Å². The maximum atomic E-state index is 11.7. The van der Waals surface area contributed by atoms with Gasteiger partial charge in [-0.3, -0.25) is 4.79 Å². The second kappa shape index (κ2) is 5.99. The molecule has 7 heteroatoms. The standard InChI is InChI=1S/C12H12ClN3O2S/c1-7-4-11(16-18-7)15-12(17)6-19-10-3-2-8(14)5-9(10)13/h2-5H,6,14H2,1H3,(H,15,16,17). The first-order valence-corrected chi connectivity index (χ1v) is 6.82. The van der Waals surface area contributed by atoms with Crippen LogP contribution in [0.25, 0.3) is 0 Å². The molecule has 0 aliphatic carbocycles. The van der Waals surface area contributed by atoms with Crippen LogP contribution in [0.4, 0.5) is 11.5 Å². The van der Waals surface area contributed by atoms with Crippen LogP contribution in [0.3, 0.4) is 0 Å². The first-order valence-electron chi connectivity index (χ1n) is 5.45. The molecule has 2 rings (SSSR count). The number of amides is 1. The van der Waals surface area contributed by atoms with Crippen LogP contribution >= 0.6 is 23.4 Å². The van der Waals surface area contributed by atoms with E-state index in [1.54, 1.807) is 31.2 Å². The number of nitrogens with one attached hydrogen (secondary N) is 1. The molecule has 0 aliphatic heterocycles. The van der Waals surface area contributed by atoms with E-state index in [0.717, 1.165) is 4.90 Å². The van der Waals surface area contributed by atoms with Crippen molar-refractivity contribution in [2.45, 2.75) is 11.8 Å². The number of hydrogen-bond donors (Lipinski definition) is 2. The number of aromatic nitrogens is 1. The third-order valence-corrected chi connectivity index (χ3v) is 3.71. The molecule has 1 amide bonds. The molecular formula is C12H12ClN3O2S. The number of carbonyl (C=O) groups is 1. The summed E-state index contributed by atoms with van der Waals surface area (Å²) in [5, 5.41) is 6.85. The molecule has 0 unspecified atom stereocenters. The molecule has 1 aromatic heterocycles. The molecule has 0 bridgehead atoms. The largest absolute Gasteiger partial charge is 0.399 e. The lowest BCUT2D eigenvalue weighted by Crippen LogP contribution is -2.14. The van der Waals surface area contributed by atoms with Crippen molar-refractivity contribution in [2.24, 2.45) is 0 Å². The second-order valence-corrected chi connectivity index (χ2v) is 5.27. The lowest BCUT2D eigenvalue weighted by Gasteiger charge is -2.04. The highest BCUT2D eigenvalue weighted by Crippen LogP contribution is 2.28. The maximum Gasteiger partial charge on any atom is 0.235 e. The molecule has 1 heterocycles. The summed E-state index contributed by atoms with van der Waals surface area (Å²) in [6, 6.07) is 6.84. The highest BCUT2D eigenvalue weighted by molar-refractivity contribution is 8.00. The number of nitrogens with zero attached hydrogens (tertiary/aromatic N) is 1. The van der Waals surface area contributed by atoms with Crippen LogP contribution in [-0.2, 0) is 4.79 Å². The number of thioether (sulfide) groups is 1. The van der Waals surface area contributed by atoms with Crippen molar-refractivity contribution in [3.63, 3.8) is 0 Å². The van der Waals surface area contributed by atoms with Gasteiger partial charge in [0.05, 0.1) is 10.8 Å². The lowest BCUT2D eigenvalue weighted by molar-refractivity contribution is -0.113. The van der Waals surface area contributed by atoms with Crippen LogP contribution in [-0.4, -0.2) is 16.8 Å². The van der Waals surface area contributed by atoms with E-state index < -0.39 is 0 Å². The van der Waals surface area contributed by atoms with Crippen molar-refractivity contribution in [3.8, 4) is 0 Å². The molecule has 0 radical (unpaired) electrons. The monoisotopic (exact) mass is 297 g/mol. The minimum atomic E-state index is -0.175. The smallest absolute Gasteiger partial charge is 0.235 e. The van der Waals surface area contributed by atoms with Crippen LogP contribution in [0.5, 0.6) is 0 Å². The molecule has 0 fully saturated rings. The van der Waals surface area contributed by atoms with E-state index in [2.05, 4.69) is 10.5 Å². The fourth-order valence-corrected chi connectivity index (χ4v) is 2.45. The zero-order chi connectivity index (χ0) is 13.8. The zero-order valence-electron chi connectivity index (χ0n) is 10.1. The summed E-state index contributed by atoms with van der Waals surface area (Å²) < 4.78 is 4.85. The molecule has 5 nitrogen and oxygen atoms in total. The van der Waals surface area contributed by atoms with Gasteiger partial charge in [-0.15, -0.1) is 11.8 Å². The van der Waals surface area contributed by atoms with Crippen molar-refractivity contribution in [1.82, 2.24) is 5.16 Å². The molecule has 0 saturated carbocycles. The van der Waals surface area contributed by atoms with Crippen molar-refractivity contribution in [3.05, 3.63) is 35.0 Å². The third-order valence-electron chi connectivity index (χ3n) is 2.21. The molecule has 100 valence electrons. The minimum absolute atomic E-state index is 0.175. The molecule has 3 N–H and O–H groups in total. The first-order chi connectivity index (χ1) is 9.04. The highest BCUT2D eigenvalue weighted by Gasteiger charge is 2.08. The number of nitrogen functional groups attached to an aromatic ring is 1. The van der Waals surface area contributed by atoms with Crippen molar-refractivity contribution in [1.29, 1.82) is 0 Å². The third kappa shape index (κ3) is 3.90. The fourth-order valence-electron chi connectivity index (χ4n) is 1.38. The van der Waals surface area contributed by atoms with Gasteiger partial charge in [0.25, 0.3) is 0 Å². The summed E-state index contributed by atoms with van der Waals surface area (Å²) in [5.74, 6) is 1.11. The van der Waals surface area contributed by atoms with Gasteiger partial charge in [0.15, 0.2) is 5.82 Å². The van der Waals surface area contributed by atoms with Crippen LogP contribution in [0, 0.1) is 6.92 Å². The van der Waals surface area contributed by atoms with E-state index in [9.17, 15) is 4.79 Å². The average molecular weight is 298 g/mol. The quantitative estimate of drug-likeness (QED) is 0.670. The van der Waals surface area contributed by atoms with Gasteiger partial charge in [-0.2, -0.15) is 0 Å². The number of carbonyl (C=O) groups excluding carboxylic acids is 1. The normalized spacial score (nSPS) is 10.4. The predicted molar refractivity (Wildman–Crippen MR) is 76.5 cm³/mol. The Hall–Kier alpha value is -1.66. The fraction of sp³-hybridized carbons (Fsp3) is 0.167. The van der Waals surface area contributed by atoms with E-state index in [1.807, 2.05) is 0 Å². The van der Waals surface area contributed by atoms with Gasteiger partial charge in [-0.25, -0.2) is 0 Å². The van der Waals surface area contributed by atoms with Crippen LogP contribution < -0.4 is 11.1 Å². The Morgan fingerprint density at radius 2 is 2.32 bits per heavy atom. The van der Waals surface area contributed by atoms with E-state index in [-0.39, 0.29) is 11.7 Å². The number of anilines is 2. The van der Waals surface area contributed by atoms with Crippen molar-refractivity contribution >= 4 is 40.8 Å². The second-order valence-electron chi connectivity index (χ2n) is 3.85. The van der Waals surface area contributed by atoms with Crippen LogP contribution in [0.2, 0.25) is 5.02 Å². The molecule has 0 atom stereocenters. The summed E-state index contributed by atoms with van der Waals surface area (Å²) in [4.78, 5) is 12.5. The molecular weight excluding hydrogens is 286 g/mol. The van der Waals surface area contributed by atoms with Gasteiger partial charge in [0.1, 0.15) is 5.76 Å². The molecule has 0 spiro atoms. The molecule has 19 heavy (non-hydrogen) atoms. The minimum Gasteiger partial charge on any atom is -0.399 e. The summed E-state index contributed by atoms with van der Waals surface area (Å²) in [6.45, 7) is 1.76. The summed E-state index contributed by atoms with van der Waals surface area (Å²) >= 11 is 7.35. The van der Waals surface area contributed by atoms with E-state index >= 15 is 0 Å². The Balaban J connectivity index is 1.89. The summed E-state index contributed by atoms with van der Waals surface area (Å²) in [7, 11) is 0. The predicted octanol–water partition coefficient (Wildman–Crippen LogP) is 2.95. The van der Waals surface area contributed by atoms with E-state index in [4.69, 9.17) is 21.9 Å². The number of rotatable bonds is 4. The number of halogens is 1. The lowest BCUT2D eigenvalue weighted by atomic mass is 10.3. The topological polar surface area (TPSA) is 81.2 Å². The van der Waals surface area contributed by atoms with Crippen molar-refractivity contribution in [2.75, 3.05) is 16.8 Å². The van der Waals surface area contributed by atoms with E-state index in [0.29, 0.717) is 22.3 Å². The summed E-state index contributed by atoms with van der Waals surface area (Å²) in [6.07, 6.45) is 0.